The quantitative estimate of drug-likeness (QED) is 0.904. The van der Waals surface area contributed by atoms with Gasteiger partial charge in [-0.2, -0.15) is 0 Å². The second-order valence-corrected chi connectivity index (χ2v) is 5.57. The first-order valence-electron chi connectivity index (χ1n) is 7.44. The van der Waals surface area contributed by atoms with Crippen LogP contribution in [0.4, 0.5) is 5.69 Å². The summed E-state index contributed by atoms with van der Waals surface area (Å²) in [4.78, 5) is 12.2. The van der Waals surface area contributed by atoms with Crippen LogP contribution in [-0.2, 0) is 6.42 Å². The van der Waals surface area contributed by atoms with Crippen molar-refractivity contribution < 1.29 is 4.79 Å². The Bertz CT molecular complexity index is 643. The van der Waals surface area contributed by atoms with Crippen LogP contribution in [-0.4, -0.2) is 19.0 Å². The van der Waals surface area contributed by atoms with Crippen LogP contribution in [0.2, 0.25) is 0 Å². The number of halogens is 1. The van der Waals surface area contributed by atoms with Gasteiger partial charge in [0, 0.05) is 24.3 Å². The normalized spacial score (nSPS) is 13.5. The number of nitrogens with one attached hydrogen (secondary N) is 2. The van der Waals surface area contributed by atoms with Crippen molar-refractivity contribution in [2.24, 2.45) is 0 Å². The van der Waals surface area contributed by atoms with E-state index < -0.39 is 0 Å². The number of benzene rings is 2. The molecule has 3 rings (SSSR count). The van der Waals surface area contributed by atoms with Gasteiger partial charge in [0.1, 0.15) is 0 Å². The fraction of sp³-hybridized carbons (Fsp3) is 0.278. The van der Waals surface area contributed by atoms with Gasteiger partial charge in [-0.1, -0.05) is 37.3 Å². The van der Waals surface area contributed by atoms with E-state index in [1.807, 2.05) is 36.4 Å². The highest BCUT2D eigenvalue weighted by atomic mass is 35.5. The molecule has 0 saturated carbocycles. The number of amides is 1. The predicted molar refractivity (Wildman–Crippen MR) is 93.1 cm³/mol. The highest BCUT2D eigenvalue weighted by Crippen LogP contribution is 2.23. The molecule has 0 aliphatic carbocycles. The first-order valence-corrected chi connectivity index (χ1v) is 7.44. The summed E-state index contributed by atoms with van der Waals surface area (Å²) in [6, 6.07) is 16.1. The maximum atomic E-state index is 12.2. The molecule has 3 nitrogen and oxygen atoms in total. The summed E-state index contributed by atoms with van der Waals surface area (Å²) in [6.45, 7) is 3.74. The molecule has 0 bridgehead atoms. The zero-order valence-corrected chi connectivity index (χ0v) is 13.5. The minimum atomic E-state index is 0. The second kappa shape index (κ2) is 7.32. The van der Waals surface area contributed by atoms with Crippen molar-refractivity contribution in [2.75, 3.05) is 18.4 Å². The lowest BCUT2D eigenvalue weighted by atomic mass is 10.0. The molecule has 22 heavy (non-hydrogen) atoms. The van der Waals surface area contributed by atoms with E-state index >= 15 is 0 Å². The molecule has 0 fully saturated rings. The van der Waals surface area contributed by atoms with E-state index in [0.29, 0.717) is 12.5 Å². The minimum Gasteiger partial charge on any atom is -0.384 e. The number of carbonyl (C=O) groups is 1. The maximum absolute atomic E-state index is 12.2. The molecule has 4 heteroatoms. The lowest BCUT2D eigenvalue weighted by Crippen LogP contribution is -2.27. The predicted octanol–water partition coefficient (Wildman–Crippen LogP) is 3.61. The number of rotatable bonds is 4. The summed E-state index contributed by atoms with van der Waals surface area (Å²) in [7, 11) is 0. The Hall–Kier alpha value is -2.00. The topological polar surface area (TPSA) is 41.1 Å². The van der Waals surface area contributed by atoms with Crippen LogP contribution in [0.1, 0.15) is 34.3 Å². The molecule has 1 atom stereocenters. The van der Waals surface area contributed by atoms with Gasteiger partial charge in [0.2, 0.25) is 0 Å². The van der Waals surface area contributed by atoms with E-state index in [-0.39, 0.29) is 18.3 Å². The van der Waals surface area contributed by atoms with E-state index in [1.54, 1.807) is 0 Å². The summed E-state index contributed by atoms with van der Waals surface area (Å²) in [5, 5.41) is 6.34. The van der Waals surface area contributed by atoms with E-state index in [4.69, 9.17) is 0 Å². The van der Waals surface area contributed by atoms with Crippen LogP contribution in [0.5, 0.6) is 0 Å². The van der Waals surface area contributed by atoms with E-state index in [0.717, 1.165) is 24.2 Å². The highest BCUT2D eigenvalue weighted by molar-refractivity contribution is 5.95. The highest BCUT2D eigenvalue weighted by Gasteiger charge is 2.14. The third-order valence-electron chi connectivity index (χ3n) is 4.01. The molecular formula is C18H21ClN2O. The van der Waals surface area contributed by atoms with Crippen LogP contribution < -0.4 is 10.6 Å². The molecule has 0 saturated heterocycles. The standard InChI is InChI=1S/C18H20N2O.ClH/c1-13(14-5-3-2-4-6-14)12-20-18(21)16-7-8-17-15(11-16)9-10-19-17;/h2-8,11,13,19H,9-10,12H2,1H3,(H,20,21);1H. The molecule has 0 radical (unpaired) electrons. The number of hydrogen-bond donors (Lipinski definition) is 2. The molecule has 2 aromatic carbocycles. The Morgan fingerprint density at radius 3 is 2.77 bits per heavy atom. The lowest BCUT2D eigenvalue weighted by molar-refractivity contribution is 0.0951. The van der Waals surface area contributed by atoms with Gasteiger partial charge in [0.25, 0.3) is 5.91 Å². The zero-order chi connectivity index (χ0) is 14.7. The zero-order valence-electron chi connectivity index (χ0n) is 12.6. The third-order valence-corrected chi connectivity index (χ3v) is 4.01. The molecule has 0 aromatic heterocycles. The van der Waals surface area contributed by atoms with Crippen molar-refractivity contribution in [3.8, 4) is 0 Å². The fourth-order valence-corrected chi connectivity index (χ4v) is 2.69. The number of anilines is 1. The summed E-state index contributed by atoms with van der Waals surface area (Å²) in [5.74, 6) is 0.318. The minimum absolute atomic E-state index is 0. The Labute approximate surface area is 137 Å². The van der Waals surface area contributed by atoms with Crippen LogP contribution in [0.25, 0.3) is 0 Å². The summed E-state index contributed by atoms with van der Waals surface area (Å²) in [6.07, 6.45) is 0.997. The van der Waals surface area contributed by atoms with Crippen LogP contribution in [0.15, 0.2) is 48.5 Å². The van der Waals surface area contributed by atoms with E-state index in [2.05, 4.69) is 29.7 Å². The SMILES string of the molecule is CC(CNC(=O)c1ccc2c(c1)CCN2)c1ccccc1.Cl. The average molecular weight is 317 g/mol. The van der Waals surface area contributed by atoms with Crippen molar-refractivity contribution in [1.29, 1.82) is 0 Å². The van der Waals surface area contributed by atoms with Gasteiger partial charge in [-0.05, 0) is 41.7 Å². The smallest absolute Gasteiger partial charge is 0.251 e. The summed E-state index contributed by atoms with van der Waals surface area (Å²) in [5.41, 5.74) is 4.39. The maximum Gasteiger partial charge on any atom is 0.251 e. The van der Waals surface area contributed by atoms with Gasteiger partial charge < -0.3 is 10.6 Å². The van der Waals surface area contributed by atoms with Gasteiger partial charge >= 0.3 is 0 Å². The molecule has 2 aromatic rings. The molecule has 1 heterocycles. The molecule has 1 unspecified atom stereocenters. The Kier molecular flexibility index (Phi) is 5.45. The van der Waals surface area contributed by atoms with Crippen molar-refractivity contribution in [2.45, 2.75) is 19.3 Å². The van der Waals surface area contributed by atoms with Gasteiger partial charge in [-0.3, -0.25) is 4.79 Å². The Balaban J connectivity index is 0.00000176. The summed E-state index contributed by atoms with van der Waals surface area (Å²) < 4.78 is 0. The van der Waals surface area contributed by atoms with Crippen LogP contribution in [0, 0.1) is 0 Å². The Morgan fingerprint density at radius 1 is 1.23 bits per heavy atom. The fourth-order valence-electron chi connectivity index (χ4n) is 2.69. The molecule has 116 valence electrons. The largest absolute Gasteiger partial charge is 0.384 e. The molecule has 1 aliphatic heterocycles. The van der Waals surface area contributed by atoms with Gasteiger partial charge in [-0.15, -0.1) is 12.4 Å². The van der Waals surface area contributed by atoms with Gasteiger partial charge in [0.15, 0.2) is 0 Å². The van der Waals surface area contributed by atoms with E-state index in [9.17, 15) is 4.79 Å². The van der Waals surface area contributed by atoms with Crippen molar-refractivity contribution >= 4 is 24.0 Å². The van der Waals surface area contributed by atoms with Crippen molar-refractivity contribution in [3.05, 3.63) is 65.2 Å². The number of fused-ring (bicyclic) bond motifs is 1. The van der Waals surface area contributed by atoms with Gasteiger partial charge in [0.05, 0.1) is 0 Å². The summed E-state index contributed by atoms with van der Waals surface area (Å²) >= 11 is 0. The average Bonchev–Trinajstić information content (AvgIpc) is 3.00. The van der Waals surface area contributed by atoms with Crippen LogP contribution in [0.3, 0.4) is 0 Å². The van der Waals surface area contributed by atoms with Crippen LogP contribution >= 0.6 is 12.4 Å². The molecular weight excluding hydrogens is 296 g/mol. The van der Waals surface area contributed by atoms with Gasteiger partial charge in [-0.25, -0.2) is 0 Å². The van der Waals surface area contributed by atoms with E-state index in [1.165, 1.54) is 11.1 Å². The third kappa shape index (κ3) is 3.60. The van der Waals surface area contributed by atoms with Crippen molar-refractivity contribution in [1.82, 2.24) is 5.32 Å². The lowest BCUT2D eigenvalue weighted by Gasteiger charge is -2.13. The molecule has 0 spiro atoms. The molecule has 1 aliphatic rings. The molecule has 2 N–H and O–H groups in total. The Morgan fingerprint density at radius 2 is 2.00 bits per heavy atom. The monoisotopic (exact) mass is 316 g/mol. The molecule has 1 amide bonds. The first kappa shape index (κ1) is 16.4. The second-order valence-electron chi connectivity index (χ2n) is 5.57. The number of hydrogen-bond acceptors (Lipinski definition) is 2. The first-order chi connectivity index (χ1) is 10.2. The number of carbonyl (C=O) groups excluding carboxylic acids is 1. The van der Waals surface area contributed by atoms with Crippen molar-refractivity contribution in [3.63, 3.8) is 0 Å².